The molecule has 0 bridgehead atoms. The highest BCUT2D eigenvalue weighted by molar-refractivity contribution is 7.90. The number of hydrogen-bond acceptors (Lipinski definition) is 4. The second-order valence-electron chi connectivity index (χ2n) is 6.40. The van der Waals surface area contributed by atoms with E-state index < -0.39 is 9.84 Å². The van der Waals surface area contributed by atoms with Crippen molar-refractivity contribution in [3.05, 3.63) is 0 Å². The summed E-state index contributed by atoms with van der Waals surface area (Å²) >= 11 is 0. The van der Waals surface area contributed by atoms with Crippen LogP contribution in [0, 0.1) is 0 Å². The first-order chi connectivity index (χ1) is 9.39. The molecule has 1 spiro atoms. The third-order valence-corrected chi connectivity index (χ3v) is 5.45. The van der Waals surface area contributed by atoms with Crippen LogP contribution in [0.4, 0.5) is 0 Å². The first-order valence-corrected chi connectivity index (χ1v) is 9.67. The van der Waals surface area contributed by atoms with Crippen molar-refractivity contribution in [2.75, 3.05) is 18.6 Å². The Morgan fingerprint density at radius 3 is 2.65 bits per heavy atom. The summed E-state index contributed by atoms with van der Waals surface area (Å²) in [6.07, 6.45) is 9.41. The Hall–Kier alpha value is -0.620. The summed E-state index contributed by atoms with van der Waals surface area (Å²) in [7, 11) is -3.06. The Labute approximate surface area is 121 Å². The Kier molecular flexibility index (Phi) is 5.07. The van der Waals surface area contributed by atoms with Gasteiger partial charge in [0.2, 0.25) is 5.91 Å². The molecule has 5 nitrogen and oxygen atoms in total. The van der Waals surface area contributed by atoms with Crippen LogP contribution < -0.4 is 10.6 Å². The van der Waals surface area contributed by atoms with Gasteiger partial charge in [0.05, 0.1) is 5.75 Å². The molecular formula is C14H26N2O3S. The molecule has 0 radical (unpaired) electrons. The molecule has 1 saturated heterocycles. The first kappa shape index (κ1) is 15.8. The van der Waals surface area contributed by atoms with Gasteiger partial charge in [0.15, 0.2) is 0 Å². The molecule has 2 N–H and O–H groups in total. The maximum absolute atomic E-state index is 11.8. The number of nitrogens with one attached hydrogen (secondary N) is 2. The van der Waals surface area contributed by atoms with Crippen molar-refractivity contribution in [1.82, 2.24) is 10.6 Å². The highest BCUT2D eigenvalue weighted by Crippen LogP contribution is 2.34. The molecule has 116 valence electrons. The molecule has 6 heteroatoms. The normalized spacial score (nSPS) is 26.4. The third-order valence-electron chi connectivity index (χ3n) is 4.51. The third kappa shape index (κ3) is 4.74. The van der Waals surface area contributed by atoms with Crippen LogP contribution in [0.3, 0.4) is 0 Å². The number of sulfone groups is 1. The monoisotopic (exact) mass is 302 g/mol. The van der Waals surface area contributed by atoms with E-state index in [-0.39, 0.29) is 29.7 Å². The molecular weight excluding hydrogens is 276 g/mol. The van der Waals surface area contributed by atoms with E-state index in [1.165, 1.54) is 38.4 Å². The minimum atomic E-state index is -3.06. The van der Waals surface area contributed by atoms with Crippen LogP contribution in [0.2, 0.25) is 0 Å². The van der Waals surface area contributed by atoms with Gasteiger partial charge in [-0.05, 0) is 32.2 Å². The second-order valence-corrected chi connectivity index (χ2v) is 8.66. The van der Waals surface area contributed by atoms with Crippen LogP contribution in [0.15, 0.2) is 0 Å². The molecule has 2 rings (SSSR count). The van der Waals surface area contributed by atoms with Gasteiger partial charge in [0, 0.05) is 24.3 Å². The standard InChI is InChI=1S/C14H26N2O3S/c1-20(18,19)10-6-13(17)16-12-5-9-15-14(11-12)7-3-2-4-8-14/h12,15H,2-11H2,1H3,(H,16,17). The molecule has 0 aromatic rings. The zero-order valence-electron chi connectivity index (χ0n) is 12.3. The number of carbonyl (C=O) groups is 1. The highest BCUT2D eigenvalue weighted by atomic mass is 32.2. The number of amides is 1. The van der Waals surface area contributed by atoms with Crippen LogP contribution in [0.1, 0.15) is 51.4 Å². The van der Waals surface area contributed by atoms with E-state index in [1.807, 2.05) is 0 Å². The lowest BCUT2D eigenvalue weighted by molar-refractivity contribution is -0.121. The van der Waals surface area contributed by atoms with Crippen molar-refractivity contribution in [3.63, 3.8) is 0 Å². The number of carbonyl (C=O) groups excluding carboxylic acids is 1. The van der Waals surface area contributed by atoms with Crippen molar-refractivity contribution in [3.8, 4) is 0 Å². The summed E-state index contributed by atoms with van der Waals surface area (Å²) in [6, 6.07) is 0.196. The van der Waals surface area contributed by atoms with Gasteiger partial charge in [-0.15, -0.1) is 0 Å². The molecule has 0 aromatic carbocycles. The van der Waals surface area contributed by atoms with Crippen molar-refractivity contribution in [2.24, 2.45) is 0 Å². The topological polar surface area (TPSA) is 75.3 Å². The highest BCUT2D eigenvalue weighted by Gasteiger charge is 2.37. The predicted octanol–water partition coefficient (Wildman–Crippen LogP) is 0.992. The van der Waals surface area contributed by atoms with Gasteiger partial charge in [0.25, 0.3) is 0 Å². The average molecular weight is 302 g/mol. The first-order valence-electron chi connectivity index (χ1n) is 7.61. The summed E-state index contributed by atoms with van der Waals surface area (Å²) in [6.45, 7) is 0.941. The smallest absolute Gasteiger partial charge is 0.221 e. The Morgan fingerprint density at radius 2 is 2.00 bits per heavy atom. The molecule has 1 saturated carbocycles. The Morgan fingerprint density at radius 1 is 1.30 bits per heavy atom. The number of rotatable bonds is 4. The van der Waals surface area contributed by atoms with E-state index in [0.717, 1.165) is 19.4 Å². The van der Waals surface area contributed by atoms with Crippen LogP contribution in [0.5, 0.6) is 0 Å². The van der Waals surface area contributed by atoms with Crippen molar-refractivity contribution in [2.45, 2.75) is 62.9 Å². The van der Waals surface area contributed by atoms with Crippen LogP contribution in [-0.4, -0.2) is 44.5 Å². The maximum atomic E-state index is 11.8. The van der Waals surface area contributed by atoms with Crippen LogP contribution >= 0.6 is 0 Å². The fraction of sp³-hybridized carbons (Fsp3) is 0.929. The van der Waals surface area contributed by atoms with Gasteiger partial charge >= 0.3 is 0 Å². The van der Waals surface area contributed by atoms with Gasteiger partial charge in [-0.2, -0.15) is 0 Å². The number of piperidine rings is 1. The van der Waals surface area contributed by atoms with Crippen molar-refractivity contribution < 1.29 is 13.2 Å². The van der Waals surface area contributed by atoms with Crippen molar-refractivity contribution >= 4 is 15.7 Å². The van der Waals surface area contributed by atoms with Gasteiger partial charge < -0.3 is 10.6 Å². The Balaban J connectivity index is 1.82. The fourth-order valence-corrected chi connectivity index (χ4v) is 4.02. The Bertz CT molecular complexity index is 436. The van der Waals surface area contributed by atoms with Gasteiger partial charge in [0.1, 0.15) is 9.84 Å². The summed E-state index contributed by atoms with van der Waals surface area (Å²) in [5, 5.41) is 6.67. The lowest BCUT2D eigenvalue weighted by Gasteiger charge is -2.44. The average Bonchev–Trinajstić information content (AvgIpc) is 2.37. The fourth-order valence-electron chi connectivity index (χ4n) is 3.47. The predicted molar refractivity (Wildman–Crippen MR) is 79.3 cm³/mol. The number of hydrogen-bond donors (Lipinski definition) is 2. The molecule has 20 heavy (non-hydrogen) atoms. The van der Waals surface area contributed by atoms with E-state index in [4.69, 9.17) is 0 Å². The van der Waals surface area contributed by atoms with Gasteiger partial charge in [-0.3, -0.25) is 4.79 Å². The molecule has 1 unspecified atom stereocenters. The summed E-state index contributed by atoms with van der Waals surface area (Å²) in [5.41, 5.74) is 0.214. The zero-order valence-corrected chi connectivity index (χ0v) is 13.1. The molecule has 1 heterocycles. The quantitative estimate of drug-likeness (QED) is 0.812. The molecule has 0 aromatic heterocycles. The molecule has 2 aliphatic rings. The second kappa shape index (κ2) is 6.43. The van der Waals surface area contributed by atoms with Gasteiger partial charge in [-0.25, -0.2) is 8.42 Å². The lowest BCUT2D eigenvalue weighted by Crippen LogP contribution is -2.57. The van der Waals surface area contributed by atoms with Gasteiger partial charge in [-0.1, -0.05) is 19.3 Å². The van der Waals surface area contributed by atoms with E-state index in [9.17, 15) is 13.2 Å². The molecule has 2 fully saturated rings. The van der Waals surface area contributed by atoms with E-state index in [2.05, 4.69) is 10.6 Å². The largest absolute Gasteiger partial charge is 0.353 e. The minimum Gasteiger partial charge on any atom is -0.353 e. The molecule has 1 atom stereocenters. The summed E-state index contributed by atoms with van der Waals surface area (Å²) in [4.78, 5) is 11.8. The van der Waals surface area contributed by atoms with E-state index >= 15 is 0 Å². The zero-order chi connectivity index (χ0) is 14.6. The van der Waals surface area contributed by atoms with E-state index in [1.54, 1.807) is 0 Å². The van der Waals surface area contributed by atoms with E-state index in [0.29, 0.717) is 0 Å². The molecule has 1 aliphatic carbocycles. The maximum Gasteiger partial charge on any atom is 0.221 e. The van der Waals surface area contributed by atoms with Crippen molar-refractivity contribution in [1.29, 1.82) is 0 Å². The van der Waals surface area contributed by atoms with Crippen LogP contribution in [-0.2, 0) is 14.6 Å². The molecule has 1 amide bonds. The SMILES string of the molecule is CS(=O)(=O)CCC(=O)NC1CCNC2(CCCCC2)C1. The lowest BCUT2D eigenvalue weighted by atomic mass is 9.75. The van der Waals surface area contributed by atoms with Crippen LogP contribution in [0.25, 0.3) is 0 Å². The molecule has 1 aliphatic heterocycles. The summed E-state index contributed by atoms with van der Waals surface area (Å²) < 4.78 is 22.2. The minimum absolute atomic E-state index is 0.0606. The summed E-state index contributed by atoms with van der Waals surface area (Å²) in [5.74, 6) is -0.192.